The van der Waals surface area contributed by atoms with E-state index in [1.54, 1.807) is 0 Å². The van der Waals surface area contributed by atoms with E-state index in [0.29, 0.717) is 12.6 Å². The molecule has 0 spiro atoms. The smallest absolute Gasteiger partial charge is 0.0900 e. The molecule has 0 aliphatic carbocycles. The van der Waals surface area contributed by atoms with Crippen LogP contribution in [0.4, 0.5) is 0 Å². The van der Waals surface area contributed by atoms with Crippen molar-refractivity contribution in [2.45, 2.75) is 51.7 Å². The van der Waals surface area contributed by atoms with E-state index in [0.717, 1.165) is 45.0 Å². The predicted octanol–water partition coefficient (Wildman–Crippen LogP) is 1.48. The number of ether oxygens (including phenoxy) is 1. The van der Waals surface area contributed by atoms with Gasteiger partial charge in [0, 0.05) is 19.2 Å². The van der Waals surface area contributed by atoms with Crippen molar-refractivity contribution in [2.75, 3.05) is 39.9 Å². The Labute approximate surface area is 118 Å². The van der Waals surface area contributed by atoms with Gasteiger partial charge in [-0.1, -0.05) is 13.3 Å². The molecule has 1 aliphatic rings. The lowest BCUT2D eigenvalue weighted by molar-refractivity contribution is 0.00896. The fourth-order valence-corrected chi connectivity index (χ4v) is 2.69. The Morgan fingerprint density at radius 2 is 2.05 bits per heavy atom. The Morgan fingerprint density at radius 3 is 2.63 bits per heavy atom. The quantitative estimate of drug-likeness (QED) is 0.624. The summed E-state index contributed by atoms with van der Waals surface area (Å²) in [5.41, 5.74) is 0. The molecule has 0 aromatic carbocycles. The molecular weight excluding hydrogens is 240 g/mol. The van der Waals surface area contributed by atoms with Gasteiger partial charge >= 0.3 is 0 Å². The number of likely N-dealkylation sites (tertiary alicyclic amines) is 1. The molecule has 1 fully saturated rings. The number of nitrogens with one attached hydrogen (secondary N) is 1. The van der Waals surface area contributed by atoms with Gasteiger partial charge in [0.25, 0.3) is 0 Å². The highest BCUT2D eigenvalue weighted by Gasteiger charge is 2.23. The van der Waals surface area contributed by atoms with E-state index in [9.17, 15) is 5.11 Å². The Bertz CT molecular complexity index is 218. The van der Waals surface area contributed by atoms with Gasteiger partial charge in [-0.3, -0.25) is 0 Å². The number of β-amino-alcohol motifs (C(OH)–C–C–N with tert-alkyl or cyclic N) is 1. The number of unbranched alkanes of at least 4 members (excludes halogenated alkanes) is 1. The molecule has 1 rings (SSSR count). The zero-order chi connectivity index (χ0) is 14.1. The van der Waals surface area contributed by atoms with Crippen molar-refractivity contribution in [2.24, 2.45) is 5.92 Å². The van der Waals surface area contributed by atoms with Gasteiger partial charge < -0.3 is 20.1 Å². The summed E-state index contributed by atoms with van der Waals surface area (Å²) in [6, 6.07) is 0.601. The fourth-order valence-electron chi connectivity index (χ4n) is 2.69. The van der Waals surface area contributed by atoms with Crippen LogP contribution in [-0.4, -0.2) is 62.0 Å². The molecule has 0 aromatic heterocycles. The van der Waals surface area contributed by atoms with Crippen LogP contribution in [0.3, 0.4) is 0 Å². The van der Waals surface area contributed by atoms with E-state index in [1.165, 1.54) is 12.8 Å². The highest BCUT2D eigenvalue weighted by atomic mass is 16.5. The topological polar surface area (TPSA) is 44.7 Å². The lowest BCUT2D eigenvalue weighted by atomic mass is 9.90. The molecule has 0 radical (unpaired) electrons. The van der Waals surface area contributed by atoms with Gasteiger partial charge in [0.05, 0.1) is 12.7 Å². The summed E-state index contributed by atoms with van der Waals surface area (Å²) in [5, 5.41) is 13.3. The van der Waals surface area contributed by atoms with Crippen molar-refractivity contribution in [1.29, 1.82) is 0 Å². The van der Waals surface area contributed by atoms with Gasteiger partial charge in [-0.25, -0.2) is 0 Å². The first-order valence-corrected chi connectivity index (χ1v) is 7.82. The molecule has 1 saturated heterocycles. The zero-order valence-corrected chi connectivity index (χ0v) is 12.9. The van der Waals surface area contributed by atoms with Crippen molar-refractivity contribution >= 4 is 0 Å². The first kappa shape index (κ1) is 16.9. The van der Waals surface area contributed by atoms with Gasteiger partial charge in [-0.05, 0) is 52.2 Å². The molecule has 0 bridgehead atoms. The van der Waals surface area contributed by atoms with E-state index in [1.807, 2.05) is 7.05 Å². The largest absolute Gasteiger partial charge is 0.389 e. The Balaban J connectivity index is 2.11. The van der Waals surface area contributed by atoms with Crippen LogP contribution in [0.25, 0.3) is 0 Å². The maximum absolute atomic E-state index is 9.94. The fraction of sp³-hybridized carbons (Fsp3) is 1.00. The molecule has 2 atom stereocenters. The number of rotatable bonds is 9. The minimum atomic E-state index is -0.338. The minimum Gasteiger partial charge on any atom is -0.389 e. The molecule has 0 saturated carbocycles. The number of aliphatic hydroxyl groups is 1. The second kappa shape index (κ2) is 9.70. The van der Waals surface area contributed by atoms with E-state index in [2.05, 4.69) is 24.1 Å². The standard InChI is InChI=1S/C15H32N2O2/c1-4-5-10-19-12-15(18)11-17-8-6-14(7-9-17)13(2)16-3/h13-16,18H,4-12H2,1-3H3. The number of piperidine rings is 1. The van der Waals surface area contributed by atoms with Crippen LogP contribution in [0.5, 0.6) is 0 Å². The van der Waals surface area contributed by atoms with E-state index < -0.39 is 0 Å². The van der Waals surface area contributed by atoms with Crippen LogP contribution >= 0.6 is 0 Å². The summed E-state index contributed by atoms with van der Waals surface area (Å²) in [4.78, 5) is 2.37. The molecule has 1 aliphatic heterocycles. The molecule has 1 heterocycles. The molecule has 0 amide bonds. The highest BCUT2D eigenvalue weighted by molar-refractivity contribution is 4.79. The third kappa shape index (κ3) is 6.70. The van der Waals surface area contributed by atoms with E-state index in [-0.39, 0.29) is 6.10 Å². The van der Waals surface area contributed by atoms with Gasteiger partial charge in [-0.2, -0.15) is 0 Å². The van der Waals surface area contributed by atoms with Crippen molar-refractivity contribution in [3.63, 3.8) is 0 Å². The van der Waals surface area contributed by atoms with Crippen molar-refractivity contribution in [3.05, 3.63) is 0 Å². The van der Waals surface area contributed by atoms with Crippen LogP contribution in [0.1, 0.15) is 39.5 Å². The van der Waals surface area contributed by atoms with E-state index in [4.69, 9.17) is 4.74 Å². The lowest BCUT2D eigenvalue weighted by Gasteiger charge is -2.35. The van der Waals surface area contributed by atoms with Crippen molar-refractivity contribution < 1.29 is 9.84 Å². The first-order chi connectivity index (χ1) is 9.17. The maximum atomic E-state index is 9.94. The van der Waals surface area contributed by atoms with E-state index >= 15 is 0 Å². The van der Waals surface area contributed by atoms with Crippen LogP contribution < -0.4 is 5.32 Å². The summed E-state index contributed by atoms with van der Waals surface area (Å²) < 4.78 is 5.47. The maximum Gasteiger partial charge on any atom is 0.0900 e. The van der Waals surface area contributed by atoms with Crippen molar-refractivity contribution in [3.8, 4) is 0 Å². The number of hydrogen-bond donors (Lipinski definition) is 2. The number of aliphatic hydroxyl groups excluding tert-OH is 1. The Kier molecular flexibility index (Phi) is 8.62. The SMILES string of the molecule is CCCCOCC(O)CN1CCC(C(C)NC)CC1. The van der Waals surface area contributed by atoms with Gasteiger partial charge in [-0.15, -0.1) is 0 Å². The molecule has 0 aromatic rings. The van der Waals surface area contributed by atoms with Gasteiger partial charge in [0.2, 0.25) is 0 Å². The van der Waals surface area contributed by atoms with Crippen LogP contribution in [0.15, 0.2) is 0 Å². The normalized spacial score (nSPS) is 21.5. The average molecular weight is 272 g/mol. The predicted molar refractivity (Wildman–Crippen MR) is 79.4 cm³/mol. The molecule has 2 N–H and O–H groups in total. The lowest BCUT2D eigenvalue weighted by Crippen LogP contribution is -2.44. The first-order valence-electron chi connectivity index (χ1n) is 7.82. The van der Waals surface area contributed by atoms with Crippen LogP contribution in [-0.2, 0) is 4.74 Å². The Hall–Kier alpha value is -0.160. The number of nitrogens with zero attached hydrogens (tertiary/aromatic N) is 1. The minimum absolute atomic E-state index is 0.338. The molecule has 4 nitrogen and oxygen atoms in total. The molecule has 19 heavy (non-hydrogen) atoms. The van der Waals surface area contributed by atoms with Crippen molar-refractivity contribution in [1.82, 2.24) is 10.2 Å². The third-order valence-electron chi connectivity index (χ3n) is 4.22. The third-order valence-corrected chi connectivity index (χ3v) is 4.22. The molecular formula is C15H32N2O2. The summed E-state index contributed by atoms with van der Waals surface area (Å²) in [7, 11) is 2.04. The summed E-state index contributed by atoms with van der Waals surface area (Å²) in [6.45, 7) is 8.62. The van der Waals surface area contributed by atoms with Crippen LogP contribution in [0.2, 0.25) is 0 Å². The summed E-state index contributed by atoms with van der Waals surface area (Å²) >= 11 is 0. The zero-order valence-electron chi connectivity index (χ0n) is 12.9. The average Bonchev–Trinajstić information content (AvgIpc) is 2.43. The molecule has 114 valence electrons. The number of hydrogen-bond acceptors (Lipinski definition) is 4. The summed E-state index contributed by atoms with van der Waals surface area (Å²) in [6.07, 6.45) is 4.35. The van der Waals surface area contributed by atoms with Crippen LogP contribution in [0, 0.1) is 5.92 Å². The second-order valence-electron chi connectivity index (χ2n) is 5.80. The highest BCUT2D eigenvalue weighted by Crippen LogP contribution is 2.20. The monoisotopic (exact) mass is 272 g/mol. The van der Waals surface area contributed by atoms with Gasteiger partial charge in [0.1, 0.15) is 0 Å². The molecule has 2 unspecified atom stereocenters. The second-order valence-corrected chi connectivity index (χ2v) is 5.80. The molecule has 4 heteroatoms. The summed E-state index contributed by atoms with van der Waals surface area (Å²) in [5.74, 6) is 0.777. The van der Waals surface area contributed by atoms with Gasteiger partial charge in [0.15, 0.2) is 0 Å². The Morgan fingerprint density at radius 1 is 1.37 bits per heavy atom.